The summed E-state index contributed by atoms with van der Waals surface area (Å²) in [7, 11) is -2.16. The zero-order valence-corrected chi connectivity index (χ0v) is 29.3. The molecule has 3 aromatic rings. The molecule has 1 unspecified atom stereocenters. The van der Waals surface area contributed by atoms with Crippen molar-refractivity contribution in [2.24, 2.45) is 0 Å². The maximum absolute atomic E-state index is 13.9. The molecule has 3 fully saturated rings. The molecular formula is C37H49N5O5S. The third-order valence-corrected chi connectivity index (χ3v) is 12.8. The normalized spacial score (nSPS) is 20.9. The number of aryl methyl sites for hydroxylation is 2. The second-order valence-corrected chi connectivity index (χ2v) is 15.2. The molecule has 1 amide bonds. The van der Waals surface area contributed by atoms with Gasteiger partial charge in [-0.3, -0.25) is 14.7 Å². The van der Waals surface area contributed by atoms with Gasteiger partial charge in [-0.05, 0) is 80.5 Å². The monoisotopic (exact) mass is 675 g/mol. The number of aromatic nitrogens is 1. The molecule has 10 nitrogen and oxygen atoms in total. The second kappa shape index (κ2) is 14.9. The number of benzene rings is 2. The number of hydrogen-bond acceptors (Lipinski definition) is 8. The van der Waals surface area contributed by atoms with Crippen LogP contribution in [0, 0.1) is 13.8 Å². The molecule has 48 heavy (non-hydrogen) atoms. The minimum absolute atomic E-state index is 0.0359. The van der Waals surface area contributed by atoms with Gasteiger partial charge in [0.15, 0.2) is 0 Å². The number of carbonyl (C=O) groups excluding carboxylic acids is 1. The lowest BCUT2D eigenvalue weighted by molar-refractivity contribution is -0.139. The van der Waals surface area contributed by atoms with Crippen molar-refractivity contribution >= 4 is 21.6 Å². The van der Waals surface area contributed by atoms with Gasteiger partial charge in [-0.15, -0.1) is 0 Å². The average Bonchev–Trinajstić information content (AvgIpc) is 3.12. The van der Waals surface area contributed by atoms with Gasteiger partial charge < -0.3 is 19.3 Å². The van der Waals surface area contributed by atoms with Crippen LogP contribution >= 0.6 is 0 Å². The Balaban J connectivity index is 1.07. The third-order valence-electron chi connectivity index (χ3n) is 10.5. The van der Waals surface area contributed by atoms with Gasteiger partial charge in [0.25, 0.3) is 0 Å². The highest BCUT2D eigenvalue weighted by atomic mass is 32.2. The first kappa shape index (κ1) is 34.4. The van der Waals surface area contributed by atoms with Crippen molar-refractivity contribution in [1.29, 1.82) is 0 Å². The van der Waals surface area contributed by atoms with Crippen molar-refractivity contribution in [2.45, 2.75) is 62.4 Å². The second-order valence-electron chi connectivity index (χ2n) is 13.3. The van der Waals surface area contributed by atoms with Crippen molar-refractivity contribution < 1.29 is 22.7 Å². The molecule has 6 rings (SSSR count). The summed E-state index contributed by atoms with van der Waals surface area (Å²) in [5.74, 6) is 0.606. The summed E-state index contributed by atoms with van der Waals surface area (Å²) in [4.78, 5) is 24.9. The van der Waals surface area contributed by atoms with E-state index in [-0.39, 0.29) is 30.7 Å². The van der Waals surface area contributed by atoms with E-state index >= 15 is 0 Å². The van der Waals surface area contributed by atoms with Crippen LogP contribution in [-0.4, -0.2) is 106 Å². The third kappa shape index (κ3) is 7.10. The van der Waals surface area contributed by atoms with Gasteiger partial charge in [0, 0.05) is 75.5 Å². The summed E-state index contributed by atoms with van der Waals surface area (Å²) < 4.78 is 40.8. The highest BCUT2D eigenvalue weighted by Crippen LogP contribution is 2.40. The van der Waals surface area contributed by atoms with Gasteiger partial charge in [-0.25, -0.2) is 8.42 Å². The number of likely N-dealkylation sites (tertiary alicyclic amines) is 1. The molecule has 1 atom stereocenters. The Morgan fingerprint density at radius 1 is 0.896 bits per heavy atom. The van der Waals surface area contributed by atoms with Gasteiger partial charge in [0.2, 0.25) is 15.9 Å². The molecule has 0 N–H and O–H groups in total. The topological polar surface area (TPSA) is 95.5 Å². The molecule has 0 bridgehead atoms. The molecular weight excluding hydrogens is 627 g/mol. The van der Waals surface area contributed by atoms with Crippen LogP contribution in [0.1, 0.15) is 48.8 Å². The Hall–Kier alpha value is -3.51. The molecule has 3 aliphatic heterocycles. The summed E-state index contributed by atoms with van der Waals surface area (Å²) >= 11 is 0. The molecule has 3 saturated heterocycles. The predicted octanol–water partition coefficient (Wildman–Crippen LogP) is 4.61. The Labute approximate surface area is 285 Å². The van der Waals surface area contributed by atoms with E-state index in [2.05, 4.69) is 57.2 Å². The summed E-state index contributed by atoms with van der Waals surface area (Å²) in [5.41, 5.74) is 3.72. The van der Waals surface area contributed by atoms with E-state index in [0.717, 1.165) is 51.9 Å². The first-order chi connectivity index (χ1) is 23.2. The van der Waals surface area contributed by atoms with E-state index in [0.29, 0.717) is 47.8 Å². The fourth-order valence-electron chi connectivity index (χ4n) is 7.99. The van der Waals surface area contributed by atoms with Gasteiger partial charge in [-0.2, -0.15) is 4.31 Å². The van der Waals surface area contributed by atoms with E-state index in [9.17, 15) is 13.2 Å². The van der Waals surface area contributed by atoms with Crippen LogP contribution in [0.25, 0.3) is 0 Å². The number of rotatable bonds is 10. The van der Waals surface area contributed by atoms with E-state index < -0.39 is 10.0 Å². The minimum Gasteiger partial charge on any atom is -0.497 e. The molecule has 0 spiro atoms. The maximum Gasteiger partial charge on any atom is 0.248 e. The van der Waals surface area contributed by atoms with Crippen molar-refractivity contribution in [2.75, 3.05) is 71.0 Å². The first-order valence-electron chi connectivity index (χ1n) is 17.2. The van der Waals surface area contributed by atoms with Crippen LogP contribution in [0.15, 0.2) is 71.9 Å². The Bertz CT molecular complexity index is 1620. The van der Waals surface area contributed by atoms with Crippen LogP contribution in [0.3, 0.4) is 0 Å². The maximum atomic E-state index is 13.9. The molecule has 0 saturated carbocycles. The number of pyridine rings is 1. The highest BCUT2D eigenvalue weighted by Gasteiger charge is 2.43. The number of sulfonamides is 1. The predicted molar refractivity (Wildman–Crippen MR) is 187 cm³/mol. The zero-order chi connectivity index (χ0) is 33.7. The van der Waals surface area contributed by atoms with Crippen LogP contribution in [-0.2, 0) is 25.1 Å². The number of amides is 1. The van der Waals surface area contributed by atoms with Crippen molar-refractivity contribution in [1.82, 2.24) is 19.1 Å². The quantitative estimate of drug-likeness (QED) is 0.308. The van der Waals surface area contributed by atoms with E-state index in [1.54, 1.807) is 23.5 Å². The number of nitrogens with zero attached hydrogens (tertiary/aromatic N) is 5. The van der Waals surface area contributed by atoms with Gasteiger partial charge in [0.1, 0.15) is 12.4 Å². The van der Waals surface area contributed by atoms with Gasteiger partial charge in [-0.1, -0.05) is 36.8 Å². The Morgan fingerprint density at radius 2 is 1.56 bits per heavy atom. The number of anilines is 1. The first-order valence-corrected chi connectivity index (χ1v) is 18.6. The smallest absolute Gasteiger partial charge is 0.248 e. The molecule has 0 radical (unpaired) electrons. The van der Waals surface area contributed by atoms with Crippen molar-refractivity contribution in [3.63, 3.8) is 0 Å². The van der Waals surface area contributed by atoms with Crippen LogP contribution in [0.4, 0.5) is 5.69 Å². The van der Waals surface area contributed by atoms with E-state index in [4.69, 9.17) is 9.47 Å². The number of ether oxygens (including phenoxy) is 2. The molecule has 3 aliphatic rings. The average molecular weight is 676 g/mol. The summed E-state index contributed by atoms with van der Waals surface area (Å²) in [6.07, 6.45) is 7.85. The molecule has 2 aromatic carbocycles. The molecule has 1 aromatic heterocycles. The van der Waals surface area contributed by atoms with E-state index in [1.165, 1.54) is 11.3 Å². The highest BCUT2D eigenvalue weighted by molar-refractivity contribution is 7.89. The minimum atomic E-state index is -3.75. The summed E-state index contributed by atoms with van der Waals surface area (Å²) in [6, 6.07) is 18.1. The number of methoxy groups -OCH3 is 1. The van der Waals surface area contributed by atoms with Crippen molar-refractivity contribution in [3.8, 4) is 5.75 Å². The van der Waals surface area contributed by atoms with Crippen LogP contribution in [0.2, 0.25) is 0 Å². The van der Waals surface area contributed by atoms with Gasteiger partial charge >= 0.3 is 0 Å². The van der Waals surface area contributed by atoms with Crippen LogP contribution in [0.5, 0.6) is 5.75 Å². The fraction of sp³-hybridized carbons (Fsp3) is 0.514. The van der Waals surface area contributed by atoms with Gasteiger partial charge in [0.05, 0.1) is 18.6 Å². The molecule has 11 heteroatoms. The lowest BCUT2D eigenvalue weighted by atomic mass is 9.78. The summed E-state index contributed by atoms with van der Waals surface area (Å²) in [5, 5.41) is 0. The number of piperidine rings is 2. The molecule has 0 aliphatic carbocycles. The Morgan fingerprint density at radius 3 is 2.21 bits per heavy atom. The zero-order valence-electron chi connectivity index (χ0n) is 28.5. The van der Waals surface area contributed by atoms with Crippen molar-refractivity contribution in [3.05, 3.63) is 83.7 Å². The van der Waals surface area contributed by atoms with Crippen LogP contribution < -0.4 is 9.64 Å². The SMILES string of the molecule is COc1cc(C)c(S(=O)(=O)N2CCCCC2COCC(=O)N2CCC(c3ccccc3)(N3CCN(c4ccncc4)CC3)CC2)c(C)c1. The molecule has 4 heterocycles. The standard InChI is InChI=1S/C37H49N5O5S/c1-29-25-34(46-3)26-30(2)36(29)48(44,45)42-18-8-7-11-33(42)27-47-28-35(43)40-19-14-37(15-20-40,31-9-5-4-6-10-31)41-23-21-39(22-24-41)32-12-16-38-17-13-32/h4-6,9-10,12-13,16-17,25-26,33H,7-8,11,14-15,18-24,27-28H2,1-3H3. The summed E-state index contributed by atoms with van der Waals surface area (Å²) in [6.45, 7) is 9.31. The molecule has 258 valence electrons. The lowest BCUT2D eigenvalue weighted by Crippen LogP contribution is -2.59. The number of carbonyl (C=O) groups is 1. The van der Waals surface area contributed by atoms with E-state index in [1.807, 2.05) is 31.1 Å². The fourth-order valence-corrected chi connectivity index (χ4v) is 10.1. The lowest BCUT2D eigenvalue weighted by Gasteiger charge is -2.52. The Kier molecular flexibility index (Phi) is 10.7. The largest absolute Gasteiger partial charge is 0.497 e. The number of hydrogen-bond donors (Lipinski definition) is 0. The number of piperazine rings is 1.